The van der Waals surface area contributed by atoms with E-state index in [1.54, 1.807) is 0 Å². The van der Waals surface area contributed by atoms with Gasteiger partial charge in [0, 0.05) is 0 Å². The molecule has 0 N–H and O–H groups in total. The fourth-order valence-corrected chi connectivity index (χ4v) is 5.83. The van der Waals surface area contributed by atoms with Crippen LogP contribution < -0.4 is 0 Å². The van der Waals surface area contributed by atoms with Crippen LogP contribution in [0.1, 0.15) is 157 Å². The van der Waals surface area contributed by atoms with E-state index in [2.05, 4.69) is 41.5 Å². The lowest BCUT2D eigenvalue weighted by Crippen LogP contribution is -2.28. The summed E-state index contributed by atoms with van der Waals surface area (Å²) in [7, 11) is 0. The lowest BCUT2D eigenvalue weighted by molar-refractivity contribution is -0.155. The Morgan fingerprint density at radius 1 is 0.526 bits per heavy atom. The van der Waals surface area contributed by atoms with Crippen molar-refractivity contribution in [2.45, 2.75) is 157 Å². The van der Waals surface area contributed by atoms with Gasteiger partial charge in [-0.3, -0.25) is 9.59 Å². The predicted octanol–water partition coefficient (Wildman–Crippen LogP) is 9.92. The normalized spacial score (nSPS) is 20.9. The molecule has 0 aliphatic heterocycles. The predicted molar refractivity (Wildman–Crippen MR) is 160 cm³/mol. The van der Waals surface area contributed by atoms with Gasteiger partial charge in [0.25, 0.3) is 0 Å². The molecule has 0 saturated heterocycles. The van der Waals surface area contributed by atoms with Gasteiger partial charge in [0.2, 0.25) is 0 Å². The van der Waals surface area contributed by atoms with E-state index in [1.165, 1.54) is 64.2 Å². The Bertz CT molecular complexity index is 543. The zero-order chi connectivity index (χ0) is 28.2. The van der Waals surface area contributed by atoms with E-state index in [4.69, 9.17) is 9.47 Å². The number of carbonyl (C=O) groups excluding carboxylic acids is 2. The second kappa shape index (κ2) is 21.7. The molecule has 1 aliphatic carbocycles. The van der Waals surface area contributed by atoms with Gasteiger partial charge in [-0.15, -0.1) is 0 Å². The third-order valence-corrected chi connectivity index (χ3v) is 9.46. The third kappa shape index (κ3) is 15.5. The van der Waals surface area contributed by atoms with Crippen LogP contribution >= 0.6 is 0 Å². The van der Waals surface area contributed by atoms with Crippen molar-refractivity contribution in [2.24, 2.45) is 35.5 Å². The monoisotopic (exact) mass is 536 g/mol. The number of rotatable bonds is 22. The summed E-state index contributed by atoms with van der Waals surface area (Å²) in [5.41, 5.74) is 0. The quantitative estimate of drug-likeness (QED) is 0.102. The minimum Gasteiger partial charge on any atom is -0.465 e. The van der Waals surface area contributed by atoms with Crippen LogP contribution in [-0.4, -0.2) is 25.2 Å². The molecule has 0 bridgehead atoms. The zero-order valence-electron chi connectivity index (χ0n) is 26.2. The fraction of sp³-hybridized carbons (Fsp3) is 0.941. The summed E-state index contributed by atoms with van der Waals surface area (Å²) >= 11 is 0. The van der Waals surface area contributed by atoms with E-state index in [-0.39, 0.29) is 23.8 Å². The average molecular weight is 537 g/mol. The van der Waals surface area contributed by atoms with Crippen LogP contribution in [0.5, 0.6) is 0 Å². The summed E-state index contributed by atoms with van der Waals surface area (Å²) in [5.74, 6) is 2.98. The van der Waals surface area contributed by atoms with Crippen molar-refractivity contribution >= 4 is 11.9 Å². The Balaban J connectivity index is 2.06. The molecule has 4 heteroatoms. The Morgan fingerprint density at radius 3 is 1.16 bits per heavy atom. The summed E-state index contributed by atoms with van der Waals surface area (Å²) in [6.45, 7) is 15.1. The van der Waals surface area contributed by atoms with Gasteiger partial charge < -0.3 is 9.47 Å². The van der Waals surface area contributed by atoms with Crippen molar-refractivity contribution in [1.82, 2.24) is 0 Å². The standard InChI is InChI=1S/C34H64O4/c1-7-9-17-27(3)29(5)19-13-11-15-25-37-33(35)31-21-23-32(24-22-31)34(36)38-26-16-12-14-20-30(6)28(4)18-10-8-2/h27-32H,7-26H2,1-6H3. The number of unbranched alkanes of at least 4 members (excludes halogenated alkanes) is 6. The van der Waals surface area contributed by atoms with Crippen molar-refractivity contribution < 1.29 is 19.1 Å². The van der Waals surface area contributed by atoms with E-state index in [9.17, 15) is 9.59 Å². The van der Waals surface area contributed by atoms with Crippen LogP contribution in [-0.2, 0) is 19.1 Å². The van der Waals surface area contributed by atoms with Crippen molar-refractivity contribution in [3.05, 3.63) is 0 Å². The molecule has 0 radical (unpaired) electrons. The van der Waals surface area contributed by atoms with Crippen LogP contribution in [0.4, 0.5) is 0 Å². The Morgan fingerprint density at radius 2 is 0.842 bits per heavy atom. The number of esters is 2. The molecule has 1 aliphatic rings. The van der Waals surface area contributed by atoms with Crippen LogP contribution in [0.3, 0.4) is 0 Å². The molecule has 0 aromatic carbocycles. The van der Waals surface area contributed by atoms with Crippen molar-refractivity contribution in [2.75, 3.05) is 13.2 Å². The number of ether oxygens (including phenoxy) is 2. The number of hydrogen-bond donors (Lipinski definition) is 0. The fourth-order valence-electron chi connectivity index (χ4n) is 5.83. The molecule has 4 atom stereocenters. The average Bonchev–Trinajstić information content (AvgIpc) is 2.93. The molecule has 0 spiro atoms. The van der Waals surface area contributed by atoms with Gasteiger partial charge in [0.05, 0.1) is 25.0 Å². The molecular formula is C34H64O4. The smallest absolute Gasteiger partial charge is 0.308 e. The summed E-state index contributed by atoms with van der Waals surface area (Å²) in [5, 5.41) is 0. The van der Waals surface area contributed by atoms with Crippen LogP contribution in [0.2, 0.25) is 0 Å². The summed E-state index contributed by atoms with van der Waals surface area (Å²) in [6.07, 6.45) is 20.1. The van der Waals surface area contributed by atoms with Gasteiger partial charge in [0.1, 0.15) is 0 Å². The highest BCUT2D eigenvalue weighted by Gasteiger charge is 2.31. The number of hydrogen-bond acceptors (Lipinski definition) is 4. The molecule has 38 heavy (non-hydrogen) atoms. The van der Waals surface area contributed by atoms with Crippen LogP contribution in [0.15, 0.2) is 0 Å². The van der Waals surface area contributed by atoms with E-state index in [0.717, 1.165) is 75.0 Å². The molecule has 0 heterocycles. The summed E-state index contributed by atoms with van der Waals surface area (Å²) in [6, 6.07) is 0. The van der Waals surface area contributed by atoms with Crippen LogP contribution in [0, 0.1) is 35.5 Å². The van der Waals surface area contributed by atoms with E-state index >= 15 is 0 Å². The third-order valence-electron chi connectivity index (χ3n) is 9.46. The van der Waals surface area contributed by atoms with E-state index < -0.39 is 0 Å². The van der Waals surface area contributed by atoms with Gasteiger partial charge in [0.15, 0.2) is 0 Å². The van der Waals surface area contributed by atoms with Crippen molar-refractivity contribution in [1.29, 1.82) is 0 Å². The first-order valence-corrected chi connectivity index (χ1v) is 16.6. The topological polar surface area (TPSA) is 52.6 Å². The SMILES string of the molecule is CCCCC(C)C(C)CCCCCOC(=O)C1CCC(C(=O)OCCCCCC(C)C(C)CCCC)CC1. The zero-order valence-corrected chi connectivity index (χ0v) is 26.2. The molecule has 4 unspecified atom stereocenters. The van der Waals surface area contributed by atoms with E-state index in [1.807, 2.05) is 0 Å². The molecule has 1 saturated carbocycles. The number of carbonyl (C=O) groups is 2. The first kappa shape index (κ1) is 35.0. The second-order valence-corrected chi connectivity index (χ2v) is 12.8. The maximum absolute atomic E-state index is 12.5. The van der Waals surface area contributed by atoms with Gasteiger partial charge in [-0.25, -0.2) is 0 Å². The lowest BCUT2D eigenvalue weighted by Gasteiger charge is -2.26. The van der Waals surface area contributed by atoms with Gasteiger partial charge in [-0.05, 0) is 62.2 Å². The van der Waals surface area contributed by atoms with Crippen molar-refractivity contribution in [3.8, 4) is 0 Å². The van der Waals surface area contributed by atoms with Crippen LogP contribution in [0.25, 0.3) is 0 Å². The molecule has 4 nitrogen and oxygen atoms in total. The largest absolute Gasteiger partial charge is 0.465 e. The van der Waals surface area contributed by atoms with E-state index in [0.29, 0.717) is 13.2 Å². The Kier molecular flexibility index (Phi) is 20.0. The maximum Gasteiger partial charge on any atom is 0.308 e. The molecule has 224 valence electrons. The highest BCUT2D eigenvalue weighted by atomic mass is 16.5. The highest BCUT2D eigenvalue weighted by molar-refractivity contribution is 5.75. The minimum atomic E-state index is -0.0587. The van der Waals surface area contributed by atoms with Gasteiger partial charge >= 0.3 is 11.9 Å². The molecule has 0 amide bonds. The first-order valence-electron chi connectivity index (χ1n) is 16.6. The van der Waals surface area contributed by atoms with Gasteiger partial charge in [-0.1, -0.05) is 119 Å². The first-order chi connectivity index (χ1) is 18.3. The van der Waals surface area contributed by atoms with Crippen molar-refractivity contribution in [3.63, 3.8) is 0 Å². The van der Waals surface area contributed by atoms with Gasteiger partial charge in [-0.2, -0.15) is 0 Å². The highest BCUT2D eigenvalue weighted by Crippen LogP contribution is 2.31. The lowest BCUT2D eigenvalue weighted by atomic mass is 9.82. The Hall–Kier alpha value is -1.06. The molecule has 1 rings (SSSR count). The molecular weight excluding hydrogens is 472 g/mol. The summed E-state index contributed by atoms with van der Waals surface area (Å²) < 4.78 is 11.2. The Labute approximate surface area is 236 Å². The molecule has 0 aromatic heterocycles. The maximum atomic E-state index is 12.5. The second-order valence-electron chi connectivity index (χ2n) is 12.8. The minimum absolute atomic E-state index is 0.0415. The molecule has 0 aromatic rings. The summed E-state index contributed by atoms with van der Waals surface area (Å²) in [4.78, 5) is 25.0. The molecule has 1 fully saturated rings.